The zero-order chi connectivity index (χ0) is 16.5. The predicted molar refractivity (Wildman–Crippen MR) is 80.6 cm³/mol. The number of hydroxylamine groups is 2. The Labute approximate surface area is 127 Å². The van der Waals surface area contributed by atoms with E-state index in [9.17, 15) is 9.90 Å². The second-order valence-electron chi connectivity index (χ2n) is 5.59. The van der Waals surface area contributed by atoms with E-state index in [1.54, 1.807) is 6.08 Å². The summed E-state index contributed by atoms with van der Waals surface area (Å²) in [6, 6.07) is 0. The minimum absolute atomic E-state index is 0.0284. The van der Waals surface area contributed by atoms with Gasteiger partial charge in [0, 0.05) is 13.1 Å². The normalized spacial score (nSPS) is 12.6. The van der Waals surface area contributed by atoms with Crippen LogP contribution in [0.4, 0.5) is 0 Å². The molecule has 124 valence electrons. The van der Waals surface area contributed by atoms with Gasteiger partial charge in [0.15, 0.2) is 0 Å². The number of rotatable bonds is 10. The summed E-state index contributed by atoms with van der Waals surface area (Å²) >= 11 is 0. The lowest BCUT2D eigenvalue weighted by Crippen LogP contribution is -2.37. The quantitative estimate of drug-likeness (QED) is 0.488. The maximum absolute atomic E-state index is 11.8. The summed E-state index contributed by atoms with van der Waals surface area (Å²) in [7, 11) is 2.93. The van der Waals surface area contributed by atoms with Crippen LogP contribution in [0.2, 0.25) is 0 Å². The van der Waals surface area contributed by atoms with E-state index in [2.05, 4.69) is 0 Å². The van der Waals surface area contributed by atoms with Gasteiger partial charge in [-0.15, -0.1) is 0 Å². The van der Waals surface area contributed by atoms with Crippen LogP contribution in [-0.4, -0.2) is 62.3 Å². The molecule has 6 nitrogen and oxygen atoms in total. The standard InChI is InChI=1S/C15H29NO5/c1-12(2)20-10-15(9-17,11-21-13(3)4)8-7-14(18)16(5)19-6/h7-8,12-13,17H,9-11H2,1-6H3/b8-7+. The molecule has 0 saturated carbocycles. The Morgan fingerprint density at radius 1 is 1.19 bits per heavy atom. The Balaban J connectivity index is 4.97. The van der Waals surface area contributed by atoms with E-state index in [4.69, 9.17) is 14.3 Å². The van der Waals surface area contributed by atoms with E-state index in [0.717, 1.165) is 5.06 Å². The molecule has 0 spiro atoms. The Kier molecular flexibility index (Phi) is 9.44. The fourth-order valence-electron chi connectivity index (χ4n) is 1.39. The highest BCUT2D eigenvalue weighted by Gasteiger charge is 2.29. The van der Waals surface area contributed by atoms with E-state index in [-0.39, 0.29) is 37.9 Å². The van der Waals surface area contributed by atoms with Gasteiger partial charge in [0.1, 0.15) is 0 Å². The summed E-state index contributed by atoms with van der Waals surface area (Å²) in [5, 5.41) is 10.8. The third kappa shape index (κ3) is 8.16. The largest absolute Gasteiger partial charge is 0.395 e. The van der Waals surface area contributed by atoms with Gasteiger partial charge >= 0.3 is 0 Å². The van der Waals surface area contributed by atoms with Crippen molar-refractivity contribution < 1.29 is 24.2 Å². The van der Waals surface area contributed by atoms with E-state index in [1.165, 1.54) is 20.2 Å². The minimum atomic E-state index is -0.751. The molecule has 0 unspecified atom stereocenters. The van der Waals surface area contributed by atoms with E-state index in [0.29, 0.717) is 0 Å². The van der Waals surface area contributed by atoms with Gasteiger partial charge in [0.2, 0.25) is 0 Å². The van der Waals surface area contributed by atoms with E-state index in [1.807, 2.05) is 27.7 Å². The summed E-state index contributed by atoms with van der Waals surface area (Å²) < 4.78 is 11.2. The van der Waals surface area contributed by atoms with Crippen LogP contribution < -0.4 is 0 Å². The van der Waals surface area contributed by atoms with Crippen molar-refractivity contribution in [2.75, 3.05) is 34.0 Å². The number of hydrogen-bond donors (Lipinski definition) is 1. The topological polar surface area (TPSA) is 68.2 Å². The van der Waals surface area contributed by atoms with Crippen molar-refractivity contribution in [3.8, 4) is 0 Å². The number of likely N-dealkylation sites (N-methyl/N-ethyl adjacent to an activating group) is 1. The Bertz CT molecular complexity index is 316. The summed E-state index contributed by atoms with van der Waals surface area (Å²) in [5.41, 5.74) is -0.751. The van der Waals surface area contributed by atoms with Crippen LogP contribution in [0.5, 0.6) is 0 Å². The highest BCUT2D eigenvalue weighted by molar-refractivity contribution is 5.86. The van der Waals surface area contributed by atoms with Crippen LogP contribution >= 0.6 is 0 Å². The lowest BCUT2D eigenvalue weighted by atomic mass is 9.90. The first-order valence-electron chi connectivity index (χ1n) is 7.11. The third-order valence-electron chi connectivity index (χ3n) is 2.89. The third-order valence-corrected chi connectivity index (χ3v) is 2.89. The zero-order valence-corrected chi connectivity index (χ0v) is 14.0. The van der Waals surface area contributed by atoms with Gasteiger partial charge in [0.25, 0.3) is 5.91 Å². The van der Waals surface area contributed by atoms with Gasteiger partial charge in [-0.1, -0.05) is 6.08 Å². The number of nitrogens with zero attached hydrogens (tertiary/aromatic N) is 1. The lowest BCUT2D eigenvalue weighted by Gasteiger charge is -2.30. The molecule has 1 amide bonds. The summed E-state index contributed by atoms with van der Waals surface area (Å²) in [6.07, 6.45) is 3.06. The maximum atomic E-state index is 11.8. The summed E-state index contributed by atoms with van der Waals surface area (Å²) in [5.74, 6) is -0.315. The number of ether oxygens (including phenoxy) is 2. The smallest absolute Gasteiger partial charge is 0.269 e. The number of aliphatic hydroxyl groups is 1. The molecular weight excluding hydrogens is 274 g/mol. The van der Waals surface area contributed by atoms with Gasteiger partial charge in [-0.25, -0.2) is 5.06 Å². The molecule has 0 aliphatic carbocycles. The van der Waals surface area contributed by atoms with Crippen molar-refractivity contribution in [2.45, 2.75) is 39.9 Å². The van der Waals surface area contributed by atoms with Crippen LogP contribution in [0, 0.1) is 5.41 Å². The number of aliphatic hydroxyl groups excluding tert-OH is 1. The molecule has 0 aliphatic heterocycles. The molecule has 6 heteroatoms. The van der Waals surface area contributed by atoms with Crippen LogP contribution in [0.15, 0.2) is 12.2 Å². The average Bonchev–Trinajstić information content (AvgIpc) is 2.45. The average molecular weight is 303 g/mol. The van der Waals surface area contributed by atoms with E-state index < -0.39 is 5.41 Å². The number of hydrogen-bond acceptors (Lipinski definition) is 5. The number of carbonyl (C=O) groups excluding carboxylic acids is 1. The van der Waals surface area contributed by atoms with Crippen molar-refractivity contribution in [3.05, 3.63) is 12.2 Å². The lowest BCUT2D eigenvalue weighted by molar-refractivity contribution is -0.162. The summed E-state index contributed by atoms with van der Waals surface area (Å²) in [4.78, 5) is 16.6. The van der Waals surface area contributed by atoms with Crippen molar-refractivity contribution in [3.63, 3.8) is 0 Å². The molecule has 0 aromatic heterocycles. The fraction of sp³-hybridized carbons (Fsp3) is 0.800. The molecule has 21 heavy (non-hydrogen) atoms. The first-order valence-corrected chi connectivity index (χ1v) is 7.11. The first kappa shape index (κ1) is 20.1. The summed E-state index contributed by atoms with van der Waals surface area (Å²) in [6.45, 7) is 8.03. The minimum Gasteiger partial charge on any atom is -0.395 e. The molecule has 0 aromatic carbocycles. The molecule has 0 rings (SSSR count). The second kappa shape index (κ2) is 9.89. The molecule has 1 N–H and O–H groups in total. The van der Waals surface area contributed by atoms with Gasteiger partial charge < -0.3 is 14.6 Å². The molecule has 0 bridgehead atoms. The SMILES string of the molecule is CON(C)C(=O)/C=C/C(CO)(COC(C)C)COC(C)C. The van der Waals surface area contributed by atoms with Crippen LogP contribution in [0.1, 0.15) is 27.7 Å². The van der Waals surface area contributed by atoms with Crippen molar-refractivity contribution >= 4 is 5.91 Å². The molecule has 0 saturated heterocycles. The zero-order valence-electron chi connectivity index (χ0n) is 14.0. The van der Waals surface area contributed by atoms with Gasteiger partial charge in [0.05, 0.1) is 44.6 Å². The van der Waals surface area contributed by atoms with Crippen molar-refractivity contribution in [1.29, 1.82) is 0 Å². The highest BCUT2D eigenvalue weighted by Crippen LogP contribution is 2.22. The molecule has 0 atom stereocenters. The molecule has 0 radical (unpaired) electrons. The first-order chi connectivity index (χ1) is 9.76. The van der Waals surface area contributed by atoms with Crippen LogP contribution in [-0.2, 0) is 19.1 Å². The van der Waals surface area contributed by atoms with Gasteiger partial charge in [-0.05, 0) is 27.7 Å². The van der Waals surface area contributed by atoms with Gasteiger partial charge in [-0.3, -0.25) is 9.63 Å². The monoisotopic (exact) mass is 303 g/mol. The Morgan fingerprint density at radius 3 is 2.00 bits per heavy atom. The predicted octanol–water partition coefficient (Wildman–Crippen LogP) is 1.39. The highest BCUT2D eigenvalue weighted by atomic mass is 16.7. The molecule has 0 heterocycles. The van der Waals surface area contributed by atoms with Crippen molar-refractivity contribution in [1.82, 2.24) is 5.06 Å². The molecule has 0 fully saturated rings. The van der Waals surface area contributed by atoms with E-state index >= 15 is 0 Å². The number of carbonyl (C=O) groups is 1. The van der Waals surface area contributed by atoms with Crippen molar-refractivity contribution in [2.24, 2.45) is 5.41 Å². The molecule has 0 aromatic rings. The number of amides is 1. The maximum Gasteiger partial charge on any atom is 0.269 e. The Morgan fingerprint density at radius 2 is 1.67 bits per heavy atom. The second-order valence-corrected chi connectivity index (χ2v) is 5.59. The Hall–Kier alpha value is -0.950. The molecule has 0 aliphatic rings. The fourth-order valence-corrected chi connectivity index (χ4v) is 1.39. The van der Waals surface area contributed by atoms with Crippen LogP contribution in [0.25, 0.3) is 0 Å². The van der Waals surface area contributed by atoms with Crippen LogP contribution in [0.3, 0.4) is 0 Å². The van der Waals surface area contributed by atoms with Gasteiger partial charge in [-0.2, -0.15) is 0 Å². The molecular formula is C15H29NO5.